The molecule has 0 saturated heterocycles. The summed E-state index contributed by atoms with van der Waals surface area (Å²) >= 11 is 1.83. The molecule has 1 N–H and O–H groups in total. The molecule has 108 valence electrons. The fourth-order valence-electron chi connectivity index (χ4n) is 2.30. The third kappa shape index (κ3) is 3.25. The zero-order valence-electron chi connectivity index (χ0n) is 12.6. The molecule has 20 heavy (non-hydrogen) atoms. The minimum Gasteiger partial charge on any atom is -0.497 e. The molecule has 1 heterocycles. The molecule has 0 saturated carbocycles. The maximum absolute atomic E-state index is 5.29. The number of methoxy groups -OCH3 is 2. The highest BCUT2D eigenvalue weighted by Gasteiger charge is 2.12. The van der Waals surface area contributed by atoms with Crippen LogP contribution < -0.4 is 14.8 Å². The van der Waals surface area contributed by atoms with Gasteiger partial charge in [-0.05, 0) is 32.4 Å². The predicted molar refractivity (Wildman–Crippen MR) is 85.4 cm³/mol. The first-order chi connectivity index (χ1) is 9.53. The van der Waals surface area contributed by atoms with Gasteiger partial charge in [0.2, 0.25) is 0 Å². The van der Waals surface area contributed by atoms with Gasteiger partial charge in [-0.15, -0.1) is 11.3 Å². The maximum atomic E-state index is 5.29. The van der Waals surface area contributed by atoms with Gasteiger partial charge in [-0.3, -0.25) is 0 Å². The van der Waals surface area contributed by atoms with Gasteiger partial charge in [-0.2, -0.15) is 0 Å². The van der Waals surface area contributed by atoms with Crippen molar-refractivity contribution in [2.24, 2.45) is 0 Å². The number of hydrogen-bond donors (Lipinski definition) is 1. The number of thiophene rings is 1. The van der Waals surface area contributed by atoms with Crippen LogP contribution in [0.2, 0.25) is 0 Å². The van der Waals surface area contributed by atoms with E-state index in [0.717, 1.165) is 17.2 Å². The Balaban J connectivity index is 2.22. The molecule has 0 radical (unpaired) electrons. The smallest absolute Gasteiger partial charge is 0.124 e. The number of benzene rings is 1. The van der Waals surface area contributed by atoms with E-state index in [2.05, 4.69) is 32.2 Å². The van der Waals surface area contributed by atoms with Gasteiger partial charge >= 0.3 is 0 Å². The van der Waals surface area contributed by atoms with Gasteiger partial charge in [0.1, 0.15) is 11.5 Å². The second kappa shape index (κ2) is 6.18. The number of rotatable bonds is 5. The fourth-order valence-corrected chi connectivity index (χ4v) is 3.32. The van der Waals surface area contributed by atoms with E-state index >= 15 is 0 Å². The van der Waals surface area contributed by atoms with Gasteiger partial charge in [0.05, 0.1) is 14.2 Å². The lowest BCUT2D eigenvalue weighted by Crippen LogP contribution is -2.07. The van der Waals surface area contributed by atoms with Crippen molar-refractivity contribution in [3.8, 4) is 11.5 Å². The standard InChI is InChI=1S/C16H21NO2S/c1-10-6-16(12(3)20-10)11(2)17-13-7-14(18-4)9-15(8-13)19-5/h6-9,11,17H,1-5H3. The minimum absolute atomic E-state index is 0.247. The van der Waals surface area contributed by atoms with Crippen LogP contribution in [0.4, 0.5) is 5.69 Å². The summed E-state index contributed by atoms with van der Waals surface area (Å²) in [4.78, 5) is 2.70. The molecule has 2 rings (SSSR count). The quantitative estimate of drug-likeness (QED) is 0.876. The van der Waals surface area contributed by atoms with Crippen molar-refractivity contribution in [2.45, 2.75) is 26.8 Å². The van der Waals surface area contributed by atoms with Crippen molar-refractivity contribution in [1.29, 1.82) is 0 Å². The Hall–Kier alpha value is -1.68. The van der Waals surface area contributed by atoms with Crippen molar-refractivity contribution in [2.75, 3.05) is 19.5 Å². The van der Waals surface area contributed by atoms with E-state index in [9.17, 15) is 0 Å². The topological polar surface area (TPSA) is 30.5 Å². The van der Waals surface area contributed by atoms with Crippen molar-refractivity contribution >= 4 is 17.0 Å². The molecule has 0 aliphatic heterocycles. The minimum atomic E-state index is 0.247. The van der Waals surface area contributed by atoms with E-state index < -0.39 is 0 Å². The Labute approximate surface area is 124 Å². The lowest BCUT2D eigenvalue weighted by molar-refractivity contribution is 0.394. The molecule has 1 aromatic heterocycles. The Kier molecular flexibility index (Phi) is 4.55. The Morgan fingerprint density at radius 1 is 1.00 bits per heavy atom. The molecule has 0 spiro atoms. The predicted octanol–water partition coefficient (Wildman–Crippen LogP) is 4.56. The molecule has 0 aliphatic carbocycles. The Bertz CT molecular complexity index is 570. The molecule has 2 aromatic rings. The molecular formula is C16H21NO2S. The van der Waals surface area contributed by atoms with Gasteiger partial charge in [-0.1, -0.05) is 0 Å². The first-order valence-electron chi connectivity index (χ1n) is 6.60. The summed E-state index contributed by atoms with van der Waals surface area (Å²) in [6, 6.07) is 8.32. The number of aryl methyl sites for hydroxylation is 2. The molecule has 0 aliphatic rings. The molecule has 1 aromatic carbocycles. The average Bonchev–Trinajstić information content (AvgIpc) is 2.77. The maximum Gasteiger partial charge on any atom is 0.124 e. The van der Waals surface area contributed by atoms with Crippen LogP contribution in [0.1, 0.15) is 28.3 Å². The molecule has 4 heteroatoms. The third-order valence-corrected chi connectivity index (χ3v) is 4.26. The highest BCUT2D eigenvalue weighted by atomic mass is 32.1. The third-order valence-electron chi connectivity index (χ3n) is 3.28. The van der Waals surface area contributed by atoms with Gasteiger partial charge in [0.25, 0.3) is 0 Å². The monoisotopic (exact) mass is 291 g/mol. The van der Waals surface area contributed by atoms with E-state index in [1.54, 1.807) is 14.2 Å². The van der Waals surface area contributed by atoms with Crippen molar-refractivity contribution < 1.29 is 9.47 Å². The van der Waals surface area contributed by atoms with E-state index in [4.69, 9.17) is 9.47 Å². The lowest BCUT2D eigenvalue weighted by Gasteiger charge is -2.17. The first kappa shape index (κ1) is 14.7. The van der Waals surface area contributed by atoms with Crippen LogP contribution in [-0.2, 0) is 0 Å². The summed E-state index contributed by atoms with van der Waals surface area (Å²) in [6.07, 6.45) is 0. The van der Waals surface area contributed by atoms with Crippen LogP contribution in [-0.4, -0.2) is 14.2 Å². The van der Waals surface area contributed by atoms with E-state index in [-0.39, 0.29) is 6.04 Å². The highest BCUT2D eigenvalue weighted by molar-refractivity contribution is 7.12. The molecule has 0 fully saturated rings. The molecule has 1 atom stereocenters. The highest BCUT2D eigenvalue weighted by Crippen LogP contribution is 2.31. The number of ether oxygens (including phenoxy) is 2. The fraction of sp³-hybridized carbons (Fsp3) is 0.375. The summed E-state index contributed by atoms with van der Waals surface area (Å²) in [5.74, 6) is 1.58. The van der Waals surface area contributed by atoms with E-state index in [1.165, 1.54) is 15.3 Å². The zero-order valence-corrected chi connectivity index (χ0v) is 13.4. The molecule has 0 bridgehead atoms. The van der Waals surface area contributed by atoms with Crippen LogP contribution >= 0.6 is 11.3 Å². The number of anilines is 1. The van der Waals surface area contributed by atoms with Crippen LogP contribution in [0.15, 0.2) is 24.3 Å². The van der Waals surface area contributed by atoms with Crippen LogP contribution in [0.3, 0.4) is 0 Å². The van der Waals surface area contributed by atoms with Gasteiger partial charge in [-0.25, -0.2) is 0 Å². The average molecular weight is 291 g/mol. The number of nitrogens with one attached hydrogen (secondary N) is 1. The summed E-state index contributed by atoms with van der Waals surface area (Å²) < 4.78 is 10.6. The molecule has 0 amide bonds. The largest absolute Gasteiger partial charge is 0.497 e. The summed E-state index contributed by atoms with van der Waals surface area (Å²) in [5, 5.41) is 3.51. The van der Waals surface area contributed by atoms with Crippen molar-refractivity contribution in [1.82, 2.24) is 0 Å². The SMILES string of the molecule is COc1cc(NC(C)c2cc(C)sc2C)cc(OC)c1. The summed E-state index contributed by atoms with van der Waals surface area (Å²) in [7, 11) is 3.32. The van der Waals surface area contributed by atoms with Gasteiger partial charge in [0, 0.05) is 39.7 Å². The first-order valence-corrected chi connectivity index (χ1v) is 7.41. The van der Waals surface area contributed by atoms with Gasteiger partial charge in [0.15, 0.2) is 0 Å². The molecule has 3 nitrogen and oxygen atoms in total. The van der Waals surface area contributed by atoms with Crippen LogP contribution in [0, 0.1) is 13.8 Å². The normalized spacial score (nSPS) is 12.1. The second-order valence-corrected chi connectivity index (χ2v) is 6.30. The second-order valence-electron chi connectivity index (χ2n) is 4.84. The van der Waals surface area contributed by atoms with Crippen molar-refractivity contribution in [3.63, 3.8) is 0 Å². The number of hydrogen-bond acceptors (Lipinski definition) is 4. The summed E-state index contributed by atoms with van der Waals surface area (Å²) in [5.41, 5.74) is 2.34. The Morgan fingerprint density at radius 3 is 2.05 bits per heavy atom. The van der Waals surface area contributed by atoms with Crippen LogP contribution in [0.25, 0.3) is 0 Å². The van der Waals surface area contributed by atoms with Crippen molar-refractivity contribution in [3.05, 3.63) is 39.6 Å². The van der Waals surface area contributed by atoms with Gasteiger partial charge < -0.3 is 14.8 Å². The van der Waals surface area contributed by atoms with Crippen LogP contribution in [0.5, 0.6) is 11.5 Å². The molecular weight excluding hydrogens is 270 g/mol. The lowest BCUT2D eigenvalue weighted by atomic mass is 10.1. The zero-order chi connectivity index (χ0) is 14.7. The van der Waals surface area contributed by atoms with E-state index in [1.807, 2.05) is 29.5 Å². The Morgan fingerprint density at radius 2 is 1.60 bits per heavy atom. The molecule has 1 unspecified atom stereocenters. The van der Waals surface area contributed by atoms with E-state index in [0.29, 0.717) is 0 Å². The summed E-state index contributed by atoms with van der Waals surface area (Å²) in [6.45, 7) is 6.47.